The summed E-state index contributed by atoms with van der Waals surface area (Å²) in [4.78, 5) is 26.2. The molecule has 3 rings (SSSR count). The molecule has 0 aliphatic heterocycles. The molecule has 156 valence electrons. The number of nitrogens with one attached hydrogen (secondary N) is 1. The first kappa shape index (κ1) is 21.6. The highest BCUT2D eigenvalue weighted by Crippen LogP contribution is 2.36. The number of benzene rings is 2. The lowest BCUT2D eigenvalue weighted by molar-refractivity contribution is -0.122. The first-order chi connectivity index (χ1) is 14.5. The molecule has 0 unspecified atom stereocenters. The van der Waals surface area contributed by atoms with E-state index >= 15 is 0 Å². The van der Waals surface area contributed by atoms with Crippen LogP contribution in [-0.4, -0.2) is 24.6 Å². The number of ether oxygens (including phenoxy) is 2. The summed E-state index contributed by atoms with van der Waals surface area (Å²) in [5.74, 6) is -0.0966. The monoisotopic (exact) mass is 423 g/mol. The van der Waals surface area contributed by atoms with Gasteiger partial charge in [-0.2, -0.15) is 0 Å². The number of carbonyl (C=O) groups is 2. The maximum absolute atomic E-state index is 12.7. The van der Waals surface area contributed by atoms with Gasteiger partial charge < -0.3 is 14.8 Å². The average molecular weight is 424 g/mol. The summed E-state index contributed by atoms with van der Waals surface area (Å²) in [5.41, 5.74) is 1.49. The van der Waals surface area contributed by atoms with Crippen LogP contribution in [0.4, 0.5) is 5.00 Å². The number of thiophene rings is 1. The molecule has 0 fully saturated rings. The minimum atomic E-state index is -0.723. The van der Waals surface area contributed by atoms with E-state index < -0.39 is 12.1 Å². The SMILES string of the molecule is CCOC(=O)c1cc([C@H](C)c2ccccc2)sc1NC(=O)[C@@H](C)Oc1ccccc1. The van der Waals surface area contributed by atoms with Gasteiger partial charge in [0.1, 0.15) is 10.8 Å². The Hall–Kier alpha value is -3.12. The van der Waals surface area contributed by atoms with Crippen LogP contribution in [-0.2, 0) is 9.53 Å². The van der Waals surface area contributed by atoms with Gasteiger partial charge in [-0.3, -0.25) is 4.79 Å². The number of esters is 1. The summed E-state index contributed by atoms with van der Waals surface area (Å²) in [6.45, 7) is 5.77. The number of para-hydroxylation sites is 1. The quantitative estimate of drug-likeness (QED) is 0.487. The average Bonchev–Trinajstić information content (AvgIpc) is 3.18. The van der Waals surface area contributed by atoms with Crippen LogP contribution in [0.15, 0.2) is 66.7 Å². The number of carbonyl (C=O) groups excluding carboxylic acids is 2. The van der Waals surface area contributed by atoms with Gasteiger partial charge in [0.15, 0.2) is 6.10 Å². The first-order valence-electron chi connectivity index (χ1n) is 9.88. The van der Waals surface area contributed by atoms with Gasteiger partial charge in [-0.05, 0) is 37.6 Å². The van der Waals surface area contributed by atoms with Crippen molar-refractivity contribution in [1.29, 1.82) is 0 Å². The Balaban J connectivity index is 1.82. The van der Waals surface area contributed by atoms with Gasteiger partial charge in [0.05, 0.1) is 12.2 Å². The zero-order chi connectivity index (χ0) is 21.5. The zero-order valence-electron chi connectivity index (χ0n) is 17.3. The van der Waals surface area contributed by atoms with Gasteiger partial charge in [-0.15, -0.1) is 11.3 Å². The molecule has 0 saturated heterocycles. The van der Waals surface area contributed by atoms with Crippen LogP contribution in [0.2, 0.25) is 0 Å². The summed E-state index contributed by atoms with van der Waals surface area (Å²) in [7, 11) is 0. The Bertz CT molecular complexity index is 985. The predicted octanol–water partition coefficient (Wildman–Crippen LogP) is 5.48. The van der Waals surface area contributed by atoms with E-state index in [0.29, 0.717) is 16.3 Å². The lowest BCUT2D eigenvalue weighted by Gasteiger charge is -2.14. The summed E-state index contributed by atoms with van der Waals surface area (Å²) in [6, 6.07) is 21.0. The summed E-state index contributed by atoms with van der Waals surface area (Å²) >= 11 is 1.38. The lowest BCUT2D eigenvalue weighted by Crippen LogP contribution is -2.30. The van der Waals surface area contributed by atoms with Crippen molar-refractivity contribution >= 4 is 28.2 Å². The summed E-state index contributed by atoms with van der Waals surface area (Å²) < 4.78 is 10.9. The number of rotatable bonds is 8. The number of amides is 1. The maximum atomic E-state index is 12.7. The maximum Gasteiger partial charge on any atom is 0.341 e. The van der Waals surface area contributed by atoms with E-state index in [1.165, 1.54) is 11.3 Å². The zero-order valence-corrected chi connectivity index (χ0v) is 18.1. The van der Waals surface area contributed by atoms with E-state index in [1.807, 2.05) is 48.5 Å². The van der Waals surface area contributed by atoms with Gasteiger partial charge in [0.25, 0.3) is 5.91 Å². The molecule has 30 heavy (non-hydrogen) atoms. The fourth-order valence-corrected chi connectivity index (χ4v) is 4.08. The predicted molar refractivity (Wildman–Crippen MR) is 119 cm³/mol. The smallest absolute Gasteiger partial charge is 0.341 e. The molecule has 0 aliphatic rings. The largest absolute Gasteiger partial charge is 0.481 e. The second-order valence-electron chi connectivity index (χ2n) is 6.81. The van der Waals surface area contributed by atoms with Crippen molar-refractivity contribution in [1.82, 2.24) is 0 Å². The fourth-order valence-electron chi connectivity index (χ4n) is 2.95. The van der Waals surface area contributed by atoms with E-state index in [2.05, 4.69) is 12.2 Å². The Labute approximate surface area is 180 Å². The van der Waals surface area contributed by atoms with Crippen molar-refractivity contribution in [2.75, 3.05) is 11.9 Å². The van der Waals surface area contributed by atoms with Gasteiger partial charge in [-0.1, -0.05) is 55.5 Å². The second-order valence-corrected chi connectivity index (χ2v) is 7.89. The van der Waals surface area contributed by atoms with E-state index in [-0.39, 0.29) is 18.4 Å². The molecule has 2 aromatic carbocycles. The van der Waals surface area contributed by atoms with Crippen molar-refractivity contribution in [2.24, 2.45) is 0 Å². The minimum absolute atomic E-state index is 0.0769. The Kier molecular flexibility index (Phi) is 7.25. The van der Waals surface area contributed by atoms with Gasteiger partial charge in [0.2, 0.25) is 0 Å². The molecule has 1 N–H and O–H groups in total. The molecule has 0 spiro atoms. The molecule has 1 aromatic heterocycles. The third kappa shape index (κ3) is 5.27. The van der Waals surface area contributed by atoms with E-state index in [9.17, 15) is 9.59 Å². The van der Waals surface area contributed by atoms with Crippen molar-refractivity contribution < 1.29 is 19.1 Å². The van der Waals surface area contributed by atoms with Crippen molar-refractivity contribution in [2.45, 2.75) is 32.8 Å². The van der Waals surface area contributed by atoms with Crippen LogP contribution in [0.1, 0.15) is 47.5 Å². The Morgan fingerprint density at radius 1 is 1.00 bits per heavy atom. The molecule has 6 heteroatoms. The molecular weight excluding hydrogens is 398 g/mol. The van der Waals surface area contributed by atoms with Crippen molar-refractivity contribution in [3.05, 3.63) is 82.7 Å². The van der Waals surface area contributed by atoms with E-state index in [0.717, 1.165) is 10.4 Å². The molecule has 1 amide bonds. The highest BCUT2D eigenvalue weighted by atomic mass is 32.1. The highest BCUT2D eigenvalue weighted by molar-refractivity contribution is 7.16. The number of anilines is 1. The standard InChI is InChI=1S/C24H25NO4S/c1-4-28-24(27)20-15-21(16(2)18-11-7-5-8-12-18)30-23(20)25-22(26)17(3)29-19-13-9-6-10-14-19/h5-17H,4H2,1-3H3,(H,25,26)/t16-,17-/m1/s1. The topological polar surface area (TPSA) is 64.6 Å². The minimum Gasteiger partial charge on any atom is -0.481 e. The van der Waals surface area contributed by atoms with E-state index in [4.69, 9.17) is 9.47 Å². The van der Waals surface area contributed by atoms with Gasteiger partial charge in [-0.25, -0.2) is 4.79 Å². The first-order valence-corrected chi connectivity index (χ1v) is 10.7. The lowest BCUT2D eigenvalue weighted by atomic mass is 9.99. The molecule has 2 atom stereocenters. The van der Waals surface area contributed by atoms with Gasteiger partial charge >= 0.3 is 5.97 Å². The van der Waals surface area contributed by atoms with Crippen LogP contribution >= 0.6 is 11.3 Å². The fraction of sp³-hybridized carbons (Fsp3) is 0.250. The molecule has 0 aliphatic carbocycles. The summed E-state index contributed by atoms with van der Waals surface area (Å²) in [6.07, 6.45) is -0.723. The third-order valence-electron chi connectivity index (χ3n) is 4.63. The van der Waals surface area contributed by atoms with E-state index in [1.54, 1.807) is 32.0 Å². The van der Waals surface area contributed by atoms with Crippen LogP contribution in [0, 0.1) is 0 Å². The Morgan fingerprint density at radius 3 is 2.27 bits per heavy atom. The van der Waals surface area contributed by atoms with Crippen LogP contribution in [0.5, 0.6) is 5.75 Å². The number of hydrogen-bond donors (Lipinski definition) is 1. The second kappa shape index (κ2) is 10.1. The Morgan fingerprint density at radius 2 is 1.63 bits per heavy atom. The normalized spacial score (nSPS) is 12.6. The van der Waals surface area contributed by atoms with Crippen molar-refractivity contribution in [3.8, 4) is 5.75 Å². The molecule has 0 radical (unpaired) electrons. The third-order valence-corrected chi connectivity index (χ3v) is 5.87. The van der Waals surface area contributed by atoms with Gasteiger partial charge in [0, 0.05) is 10.8 Å². The summed E-state index contributed by atoms with van der Waals surface area (Å²) in [5, 5.41) is 3.32. The van der Waals surface area contributed by atoms with Crippen molar-refractivity contribution in [3.63, 3.8) is 0 Å². The molecule has 3 aromatic rings. The highest BCUT2D eigenvalue weighted by Gasteiger charge is 2.24. The molecule has 0 bridgehead atoms. The van der Waals surface area contributed by atoms with Crippen LogP contribution in [0.3, 0.4) is 0 Å². The molecular formula is C24H25NO4S. The molecule has 1 heterocycles. The van der Waals surface area contributed by atoms with Crippen LogP contribution in [0.25, 0.3) is 0 Å². The molecule has 5 nitrogen and oxygen atoms in total. The number of hydrogen-bond acceptors (Lipinski definition) is 5. The van der Waals surface area contributed by atoms with Crippen LogP contribution < -0.4 is 10.1 Å². The molecule has 0 saturated carbocycles.